The van der Waals surface area contributed by atoms with Gasteiger partial charge in [-0.3, -0.25) is 0 Å². The fourth-order valence-electron chi connectivity index (χ4n) is 2.05. The van der Waals surface area contributed by atoms with Gasteiger partial charge in [0.2, 0.25) is 0 Å². The molecule has 1 atom stereocenters. The third kappa shape index (κ3) is 2.93. The van der Waals surface area contributed by atoms with E-state index in [0.717, 1.165) is 16.9 Å². The zero-order valence-corrected chi connectivity index (χ0v) is 11.2. The first kappa shape index (κ1) is 13.6. The average molecular weight is 259 g/mol. The van der Waals surface area contributed by atoms with E-state index in [4.69, 9.17) is 10.5 Å². The van der Waals surface area contributed by atoms with Crippen LogP contribution in [0.4, 0.5) is 4.39 Å². The SMILES string of the molecule is CCOc1cccc(C(C)(N)c2cccc(F)c2)c1. The third-order valence-corrected chi connectivity index (χ3v) is 3.17. The van der Waals surface area contributed by atoms with Crippen LogP contribution in [0.1, 0.15) is 25.0 Å². The molecule has 2 nitrogen and oxygen atoms in total. The van der Waals surface area contributed by atoms with Gasteiger partial charge in [-0.2, -0.15) is 0 Å². The molecule has 0 radical (unpaired) electrons. The van der Waals surface area contributed by atoms with E-state index in [1.807, 2.05) is 44.2 Å². The summed E-state index contributed by atoms with van der Waals surface area (Å²) in [6.45, 7) is 4.40. The van der Waals surface area contributed by atoms with Gasteiger partial charge < -0.3 is 10.5 Å². The summed E-state index contributed by atoms with van der Waals surface area (Å²) in [5, 5.41) is 0. The van der Waals surface area contributed by atoms with Crippen molar-refractivity contribution >= 4 is 0 Å². The van der Waals surface area contributed by atoms with Crippen LogP contribution in [0.15, 0.2) is 48.5 Å². The topological polar surface area (TPSA) is 35.2 Å². The van der Waals surface area contributed by atoms with Gasteiger partial charge in [0.15, 0.2) is 0 Å². The van der Waals surface area contributed by atoms with Crippen LogP contribution in [0.3, 0.4) is 0 Å². The minimum absolute atomic E-state index is 0.282. The lowest BCUT2D eigenvalue weighted by Gasteiger charge is -2.26. The van der Waals surface area contributed by atoms with Crippen LogP contribution in [0.5, 0.6) is 5.75 Å². The number of benzene rings is 2. The van der Waals surface area contributed by atoms with Gasteiger partial charge in [0.1, 0.15) is 11.6 Å². The Morgan fingerprint density at radius 3 is 2.37 bits per heavy atom. The first-order valence-electron chi connectivity index (χ1n) is 6.32. The van der Waals surface area contributed by atoms with Gasteiger partial charge in [0, 0.05) is 0 Å². The molecule has 100 valence electrons. The molecule has 1 unspecified atom stereocenters. The van der Waals surface area contributed by atoms with E-state index in [-0.39, 0.29) is 5.82 Å². The molecular weight excluding hydrogens is 241 g/mol. The van der Waals surface area contributed by atoms with Crippen molar-refractivity contribution in [2.45, 2.75) is 19.4 Å². The molecular formula is C16H18FNO. The van der Waals surface area contributed by atoms with Crippen molar-refractivity contribution in [1.82, 2.24) is 0 Å². The van der Waals surface area contributed by atoms with E-state index in [2.05, 4.69) is 0 Å². The molecule has 2 aromatic rings. The quantitative estimate of drug-likeness (QED) is 0.912. The monoisotopic (exact) mass is 259 g/mol. The molecule has 2 aromatic carbocycles. The third-order valence-electron chi connectivity index (χ3n) is 3.17. The lowest BCUT2D eigenvalue weighted by Crippen LogP contribution is -2.34. The Bertz CT molecular complexity index is 566. The second kappa shape index (κ2) is 5.41. The van der Waals surface area contributed by atoms with Crippen molar-refractivity contribution < 1.29 is 9.13 Å². The zero-order valence-electron chi connectivity index (χ0n) is 11.2. The van der Waals surface area contributed by atoms with E-state index >= 15 is 0 Å². The van der Waals surface area contributed by atoms with Gasteiger partial charge >= 0.3 is 0 Å². The van der Waals surface area contributed by atoms with Gasteiger partial charge in [-0.25, -0.2) is 4.39 Å². The summed E-state index contributed by atoms with van der Waals surface area (Å²) >= 11 is 0. The highest BCUT2D eigenvalue weighted by atomic mass is 19.1. The summed E-state index contributed by atoms with van der Waals surface area (Å²) in [6.07, 6.45) is 0. The van der Waals surface area contributed by atoms with Crippen molar-refractivity contribution in [1.29, 1.82) is 0 Å². The molecule has 0 saturated heterocycles. The molecule has 3 heteroatoms. The fraction of sp³-hybridized carbons (Fsp3) is 0.250. The molecule has 0 aliphatic rings. The first-order chi connectivity index (χ1) is 9.04. The molecule has 0 aliphatic heterocycles. The summed E-state index contributed by atoms with van der Waals surface area (Å²) in [7, 11) is 0. The number of nitrogens with two attached hydrogens (primary N) is 1. The van der Waals surface area contributed by atoms with Crippen LogP contribution in [0.2, 0.25) is 0 Å². The zero-order chi connectivity index (χ0) is 13.9. The van der Waals surface area contributed by atoms with Crippen LogP contribution in [0, 0.1) is 5.82 Å². The van der Waals surface area contributed by atoms with E-state index < -0.39 is 5.54 Å². The minimum atomic E-state index is -0.755. The molecule has 0 fully saturated rings. The van der Waals surface area contributed by atoms with Crippen LogP contribution >= 0.6 is 0 Å². The maximum absolute atomic E-state index is 13.3. The standard InChI is InChI=1S/C16H18FNO/c1-3-19-15-9-5-7-13(11-15)16(2,18)12-6-4-8-14(17)10-12/h4-11H,3,18H2,1-2H3. The molecule has 0 spiro atoms. The summed E-state index contributed by atoms with van der Waals surface area (Å²) in [4.78, 5) is 0. The number of halogens is 1. The second-order valence-electron chi connectivity index (χ2n) is 4.67. The van der Waals surface area contributed by atoms with Crippen molar-refractivity contribution in [3.8, 4) is 5.75 Å². The van der Waals surface area contributed by atoms with Gasteiger partial charge in [-0.05, 0) is 49.2 Å². The Labute approximate surface area is 113 Å². The van der Waals surface area contributed by atoms with Crippen molar-refractivity contribution in [2.75, 3.05) is 6.61 Å². The Balaban J connectivity index is 2.41. The molecule has 2 rings (SSSR count). The second-order valence-corrected chi connectivity index (χ2v) is 4.67. The highest BCUT2D eigenvalue weighted by Gasteiger charge is 2.24. The van der Waals surface area contributed by atoms with E-state index in [1.165, 1.54) is 12.1 Å². The van der Waals surface area contributed by atoms with Crippen molar-refractivity contribution in [2.24, 2.45) is 5.73 Å². The fourth-order valence-corrected chi connectivity index (χ4v) is 2.05. The summed E-state index contributed by atoms with van der Waals surface area (Å²) in [5.41, 5.74) is 7.25. The highest BCUT2D eigenvalue weighted by molar-refractivity contribution is 5.40. The number of hydrogen-bond acceptors (Lipinski definition) is 2. The summed E-state index contributed by atoms with van der Waals surface area (Å²) < 4.78 is 18.8. The van der Waals surface area contributed by atoms with E-state index in [1.54, 1.807) is 6.07 Å². The van der Waals surface area contributed by atoms with Crippen LogP contribution in [-0.4, -0.2) is 6.61 Å². The Morgan fingerprint density at radius 1 is 1.11 bits per heavy atom. The maximum Gasteiger partial charge on any atom is 0.123 e. The predicted octanol–water partition coefficient (Wildman–Crippen LogP) is 3.45. The largest absolute Gasteiger partial charge is 0.494 e. The minimum Gasteiger partial charge on any atom is -0.494 e. The molecule has 0 saturated carbocycles. The molecule has 0 heterocycles. The number of hydrogen-bond donors (Lipinski definition) is 1. The molecule has 0 aliphatic carbocycles. The lowest BCUT2D eigenvalue weighted by atomic mass is 9.85. The molecule has 2 N–H and O–H groups in total. The Morgan fingerprint density at radius 2 is 1.74 bits per heavy atom. The van der Waals surface area contributed by atoms with Crippen LogP contribution in [0.25, 0.3) is 0 Å². The molecule has 0 bridgehead atoms. The molecule has 0 amide bonds. The average Bonchev–Trinajstić information content (AvgIpc) is 2.39. The van der Waals surface area contributed by atoms with Crippen molar-refractivity contribution in [3.63, 3.8) is 0 Å². The van der Waals surface area contributed by atoms with Crippen molar-refractivity contribution in [3.05, 3.63) is 65.5 Å². The molecule has 19 heavy (non-hydrogen) atoms. The predicted molar refractivity (Wildman–Crippen MR) is 74.7 cm³/mol. The Kier molecular flexibility index (Phi) is 3.86. The van der Waals surface area contributed by atoms with Gasteiger partial charge in [-0.1, -0.05) is 24.3 Å². The van der Waals surface area contributed by atoms with Crippen LogP contribution < -0.4 is 10.5 Å². The van der Waals surface area contributed by atoms with Crippen LogP contribution in [-0.2, 0) is 5.54 Å². The first-order valence-corrected chi connectivity index (χ1v) is 6.32. The lowest BCUT2D eigenvalue weighted by molar-refractivity contribution is 0.339. The molecule has 0 aromatic heterocycles. The van der Waals surface area contributed by atoms with Gasteiger partial charge in [-0.15, -0.1) is 0 Å². The van der Waals surface area contributed by atoms with E-state index in [0.29, 0.717) is 6.61 Å². The Hall–Kier alpha value is -1.87. The normalized spacial score (nSPS) is 13.9. The summed E-state index contributed by atoms with van der Waals surface area (Å²) in [6, 6.07) is 14.0. The smallest absolute Gasteiger partial charge is 0.123 e. The number of rotatable bonds is 4. The maximum atomic E-state index is 13.3. The van der Waals surface area contributed by atoms with E-state index in [9.17, 15) is 4.39 Å². The van der Waals surface area contributed by atoms with Gasteiger partial charge in [0.25, 0.3) is 0 Å². The summed E-state index contributed by atoms with van der Waals surface area (Å²) in [5.74, 6) is 0.489. The number of ether oxygens (including phenoxy) is 1. The highest BCUT2D eigenvalue weighted by Crippen LogP contribution is 2.29. The van der Waals surface area contributed by atoms with Gasteiger partial charge in [0.05, 0.1) is 12.1 Å².